The van der Waals surface area contributed by atoms with Gasteiger partial charge in [-0.15, -0.1) is 0 Å². The van der Waals surface area contributed by atoms with Crippen molar-refractivity contribution in [3.8, 4) is 0 Å². The molecule has 0 aromatic carbocycles. The number of ether oxygens (including phenoxy) is 1. The van der Waals surface area contributed by atoms with Crippen molar-refractivity contribution >= 4 is 23.5 Å². The van der Waals surface area contributed by atoms with Crippen molar-refractivity contribution in [3.05, 3.63) is 0 Å². The summed E-state index contributed by atoms with van der Waals surface area (Å²) in [7, 11) is 0. The molecule has 0 fully saturated rings. The summed E-state index contributed by atoms with van der Waals surface area (Å²) < 4.78 is 4.22. The maximum absolute atomic E-state index is 11.3. The highest BCUT2D eigenvalue weighted by molar-refractivity contribution is 6.42. The quantitative estimate of drug-likeness (QED) is 0.398. The van der Waals surface area contributed by atoms with Gasteiger partial charge in [-0.25, -0.2) is 9.59 Å². The van der Waals surface area contributed by atoms with Crippen LogP contribution in [-0.4, -0.2) is 23.5 Å². The van der Waals surface area contributed by atoms with Gasteiger partial charge in [0.2, 0.25) is 11.6 Å². The van der Waals surface area contributed by atoms with Gasteiger partial charge in [-0.3, -0.25) is 9.59 Å². The summed E-state index contributed by atoms with van der Waals surface area (Å²) in [6, 6.07) is 0. The van der Waals surface area contributed by atoms with Gasteiger partial charge < -0.3 is 4.74 Å². The van der Waals surface area contributed by atoms with E-state index in [0.29, 0.717) is 6.42 Å². The predicted octanol–water partition coefficient (Wildman–Crippen LogP) is 1.29. The van der Waals surface area contributed by atoms with Crippen LogP contribution in [0.2, 0.25) is 0 Å². The second-order valence-corrected chi connectivity index (χ2v) is 4.37. The van der Waals surface area contributed by atoms with E-state index in [2.05, 4.69) is 4.74 Å². The van der Waals surface area contributed by atoms with Crippen molar-refractivity contribution in [2.45, 2.75) is 40.5 Å². The molecule has 5 heteroatoms. The van der Waals surface area contributed by atoms with E-state index < -0.39 is 29.4 Å². The fourth-order valence-electron chi connectivity index (χ4n) is 1.03. The summed E-state index contributed by atoms with van der Waals surface area (Å²) in [6.07, 6.45) is 0.478. The van der Waals surface area contributed by atoms with Crippen LogP contribution >= 0.6 is 0 Å². The largest absolute Gasteiger partial charge is 0.382 e. The first kappa shape index (κ1) is 15.5. The Morgan fingerprint density at radius 2 is 1.53 bits per heavy atom. The van der Waals surface area contributed by atoms with Gasteiger partial charge in [0.25, 0.3) is 0 Å². The minimum absolute atomic E-state index is 0.00361. The van der Waals surface area contributed by atoms with E-state index in [4.69, 9.17) is 0 Å². The minimum Gasteiger partial charge on any atom is -0.381 e. The molecule has 0 aliphatic heterocycles. The Kier molecular flexibility index (Phi) is 6.31. The number of hydrogen-bond acceptors (Lipinski definition) is 5. The zero-order valence-corrected chi connectivity index (χ0v) is 10.6. The number of Topliss-reactive ketones (excluding diaryl/α,β-unsaturated/α-hetero) is 2. The summed E-state index contributed by atoms with van der Waals surface area (Å²) in [4.78, 5) is 44.9. The maximum atomic E-state index is 11.3. The van der Waals surface area contributed by atoms with Crippen molar-refractivity contribution in [2.75, 3.05) is 0 Å². The van der Waals surface area contributed by atoms with Gasteiger partial charge in [0.1, 0.15) is 0 Å². The van der Waals surface area contributed by atoms with E-state index in [0.717, 1.165) is 0 Å². The van der Waals surface area contributed by atoms with Gasteiger partial charge in [0, 0.05) is 12.3 Å². The Morgan fingerprint density at radius 3 is 1.94 bits per heavy atom. The normalized spacial score (nSPS) is 12.1. The number of carbonyl (C=O) groups is 4. The third-order valence-electron chi connectivity index (χ3n) is 2.27. The second-order valence-electron chi connectivity index (χ2n) is 4.37. The van der Waals surface area contributed by atoms with Crippen LogP contribution in [0.5, 0.6) is 0 Å². The Balaban J connectivity index is 4.35. The van der Waals surface area contributed by atoms with E-state index >= 15 is 0 Å². The standard InChI is InChI=1S/C12H18O5/c1-5-8(4)10(14)12(16)17-11(15)9(13)6-7(2)3/h7-8H,5-6H2,1-4H3. The highest BCUT2D eigenvalue weighted by Crippen LogP contribution is 2.05. The van der Waals surface area contributed by atoms with Crippen molar-refractivity contribution in [3.63, 3.8) is 0 Å². The summed E-state index contributed by atoms with van der Waals surface area (Å²) in [5, 5.41) is 0. The monoisotopic (exact) mass is 242 g/mol. The van der Waals surface area contributed by atoms with Gasteiger partial charge in [0.15, 0.2) is 0 Å². The first-order valence-electron chi connectivity index (χ1n) is 5.62. The lowest BCUT2D eigenvalue weighted by Crippen LogP contribution is -2.29. The first-order valence-corrected chi connectivity index (χ1v) is 5.62. The summed E-state index contributed by atoms with van der Waals surface area (Å²) in [6.45, 7) is 6.82. The van der Waals surface area contributed by atoms with Crippen LogP contribution in [0.3, 0.4) is 0 Å². The van der Waals surface area contributed by atoms with Gasteiger partial charge >= 0.3 is 11.9 Å². The van der Waals surface area contributed by atoms with Crippen molar-refractivity contribution < 1.29 is 23.9 Å². The second kappa shape index (κ2) is 6.93. The zero-order chi connectivity index (χ0) is 13.6. The number of rotatable bonds is 6. The molecule has 0 rings (SSSR count). The number of esters is 2. The Bertz CT molecular complexity index is 330. The number of carbonyl (C=O) groups excluding carboxylic acids is 4. The molecule has 0 heterocycles. The molecule has 17 heavy (non-hydrogen) atoms. The fourth-order valence-corrected chi connectivity index (χ4v) is 1.03. The molecule has 0 N–H and O–H groups in total. The molecule has 1 atom stereocenters. The highest BCUT2D eigenvalue weighted by atomic mass is 16.6. The van der Waals surface area contributed by atoms with Crippen LogP contribution < -0.4 is 0 Å². The van der Waals surface area contributed by atoms with E-state index in [1.807, 2.05) is 0 Å². The number of ketones is 2. The number of hydrogen-bond donors (Lipinski definition) is 0. The molecule has 1 unspecified atom stereocenters. The molecule has 0 aliphatic carbocycles. The highest BCUT2D eigenvalue weighted by Gasteiger charge is 2.27. The Hall–Kier alpha value is -1.52. The predicted molar refractivity (Wildman–Crippen MR) is 60.0 cm³/mol. The van der Waals surface area contributed by atoms with Crippen LogP contribution in [0.1, 0.15) is 40.5 Å². The third-order valence-corrected chi connectivity index (χ3v) is 2.27. The molecule has 0 bridgehead atoms. The van der Waals surface area contributed by atoms with Crippen LogP contribution in [0.15, 0.2) is 0 Å². The van der Waals surface area contributed by atoms with Crippen molar-refractivity contribution in [1.82, 2.24) is 0 Å². The molecule has 0 radical (unpaired) electrons. The molecular weight excluding hydrogens is 224 g/mol. The zero-order valence-electron chi connectivity index (χ0n) is 10.6. The van der Waals surface area contributed by atoms with Crippen LogP contribution in [0.25, 0.3) is 0 Å². The van der Waals surface area contributed by atoms with Gasteiger partial charge in [-0.05, 0) is 12.3 Å². The Labute approximate surface area is 101 Å². The minimum atomic E-state index is -1.25. The molecule has 0 amide bonds. The maximum Gasteiger partial charge on any atom is 0.382 e. The van der Waals surface area contributed by atoms with E-state index in [1.165, 1.54) is 0 Å². The van der Waals surface area contributed by atoms with Crippen molar-refractivity contribution in [1.29, 1.82) is 0 Å². The lowest BCUT2D eigenvalue weighted by molar-refractivity contribution is -0.168. The van der Waals surface area contributed by atoms with Gasteiger partial charge in [-0.2, -0.15) is 0 Å². The SMILES string of the molecule is CCC(C)C(=O)C(=O)OC(=O)C(=O)CC(C)C. The molecule has 0 spiro atoms. The van der Waals surface area contributed by atoms with E-state index in [9.17, 15) is 19.2 Å². The average molecular weight is 242 g/mol. The van der Waals surface area contributed by atoms with Crippen LogP contribution in [-0.2, 0) is 23.9 Å². The summed E-state index contributed by atoms with van der Waals surface area (Å²) in [5.74, 6) is -4.57. The molecule has 0 aromatic heterocycles. The van der Waals surface area contributed by atoms with Crippen LogP contribution in [0.4, 0.5) is 0 Å². The first-order chi connectivity index (χ1) is 7.79. The Morgan fingerprint density at radius 1 is 1.00 bits per heavy atom. The third kappa shape index (κ3) is 5.38. The van der Waals surface area contributed by atoms with Gasteiger partial charge in [-0.1, -0.05) is 27.7 Å². The summed E-state index contributed by atoms with van der Waals surface area (Å²) >= 11 is 0. The molecule has 5 nitrogen and oxygen atoms in total. The van der Waals surface area contributed by atoms with E-state index in [1.54, 1.807) is 27.7 Å². The molecule has 0 saturated heterocycles. The topological polar surface area (TPSA) is 77.5 Å². The van der Waals surface area contributed by atoms with Gasteiger partial charge in [0.05, 0.1) is 0 Å². The molecule has 0 aliphatic rings. The van der Waals surface area contributed by atoms with E-state index in [-0.39, 0.29) is 12.3 Å². The molecule has 0 aromatic rings. The lowest BCUT2D eigenvalue weighted by atomic mass is 10.0. The van der Waals surface area contributed by atoms with Crippen LogP contribution in [0, 0.1) is 11.8 Å². The lowest BCUT2D eigenvalue weighted by Gasteiger charge is -2.06. The molecule has 96 valence electrons. The summed E-state index contributed by atoms with van der Waals surface area (Å²) in [5.41, 5.74) is 0. The fraction of sp³-hybridized carbons (Fsp3) is 0.667. The molecular formula is C12H18O5. The average Bonchev–Trinajstić information content (AvgIpc) is 2.25. The smallest absolute Gasteiger partial charge is 0.381 e. The molecule has 0 saturated carbocycles. The van der Waals surface area contributed by atoms with Crippen molar-refractivity contribution in [2.24, 2.45) is 11.8 Å².